The van der Waals surface area contributed by atoms with E-state index in [1.807, 2.05) is 18.2 Å². The first-order valence-corrected chi connectivity index (χ1v) is 5.77. The van der Waals surface area contributed by atoms with Gasteiger partial charge in [-0.15, -0.1) is 0 Å². The van der Waals surface area contributed by atoms with E-state index in [1.165, 1.54) is 25.7 Å². The molecule has 2 aliphatic rings. The zero-order chi connectivity index (χ0) is 10.3. The Labute approximate surface area is 89.9 Å². The van der Waals surface area contributed by atoms with Crippen LogP contribution in [0.1, 0.15) is 25.7 Å². The average Bonchev–Trinajstić information content (AvgIpc) is 2.83. The van der Waals surface area contributed by atoms with Crippen molar-refractivity contribution >= 4 is 0 Å². The smallest absolute Gasteiger partial charge is 0.161 e. The monoisotopic (exact) mass is 204 g/mol. The predicted molar refractivity (Wildman–Crippen MR) is 58.0 cm³/mol. The molecule has 2 nitrogen and oxygen atoms in total. The van der Waals surface area contributed by atoms with Gasteiger partial charge in [0, 0.05) is 0 Å². The first kappa shape index (κ1) is 9.08. The molecule has 0 saturated heterocycles. The third-order valence-corrected chi connectivity index (χ3v) is 3.82. The molecule has 0 spiro atoms. The van der Waals surface area contributed by atoms with Crippen LogP contribution in [0.4, 0.5) is 0 Å². The number of phenols is 1. The molecule has 2 aliphatic carbocycles. The van der Waals surface area contributed by atoms with Gasteiger partial charge in [0.2, 0.25) is 0 Å². The second kappa shape index (κ2) is 3.44. The number of aromatic hydroxyl groups is 1. The molecule has 2 fully saturated rings. The second-order valence-corrected chi connectivity index (χ2v) is 4.80. The van der Waals surface area contributed by atoms with Gasteiger partial charge in [0.05, 0.1) is 0 Å². The Morgan fingerprint density at radius 2 is 2.00 bits per heavy atom. The number of ether oxygens (including phenoxy) is 1. The molecule has 15 heavy (non-hydrogen) atoms. The standard InChI is InChI=1S/C13H16O2/c14-11-3-1-2-4-12(11)15-13-8-9-5-6-10(13)7-9/h1-4,9-10,13-14H,5-8H2. The van der Waals surface area contributed by atoms with E-state index in [1.54, 1.807) is 6.07 Å². The molecule has 2 heteroatoms. The van der Waals surface area contributed by atoms with E-state index in [-0.39, 0.29) is 5.75 Å². The number of phenolic OH excluding ortho intramolecular Hbond substituents is 1. The van der Waals surface area contributed by atoms with Crippen molar-refractivity contribution in [1.82, 2.24) is 0 Å². The Morgan fingerprint density at radius 3 is 2.67 bits per heavy atom. The van der Waals surface area contributed by atoms with Gasteiger partial charge in [0.15, 0.2) is 11.5 Å². The van der Waals surface area contributed by atoms with Gasteiger partial charge >= 0.3 is 0 Å². The van der Waals surface area contributed by atoms with E-state index < -0.39 is 0 Å². The Bertz CT molecular complexity index is 361. The van der Waals surface area contributed by atoms with E-state index in [0.29, 0.717) is 11.9 Å². The fraction of sp³-hybridized carbons (Fsp3) is 0.538. The number of fused-ring (bicyclic) bond motifs is 2. The molecular weight excluding hydrogens is 188 g/mol. The number of rotatable bonds is 2. The summed E-state index contributed by atoms with van der Waals surface area (Å²) in [6, 6.07) is 7.26. The highest BCUT2D eigenvalue weighted by atomic mass is 16.5. The molecular formula is C13H16O2. The average molecular weight is 204 g/mol. The zero-order valence-corrected chi connectivity index (χ0v) is 8.73. The van der Waals surface area contributed by atoms with E-state index in [9.17, 15) is 5.11 Å². The van der Waals surface area contributed by atoms with Crippen molar-refractivity contribution in [2.45, 2.75) is 31.8 Å². The maximum atomic E-state index is 9.62. The van der Waals surface area contributed by atoms with Crippen molar-refractivity contribution in [3.63, 3.8) is 0 Å². The van der Waals surface area contributed by atoms with Crippen molar-refractivity contribution in [1.29, 1.82) is 0 Å². The fourth-order valence-electron chi connectivity index (χ4n) is 3.05. The Morgan fingerprint density at radius 1 is 1.13 bits per heavy atom. The molecule has 2 saturated carbocycles. The van der Waals surface area contributed by atoms with Crippen molar-refractivity contribution in [3.8, 4) is 11.5 Å². The highest BCUT2D eigenvalue weighted by Crippen LogP contribution is 2.46. The lowest BCUT2D eigenvalue weighted by Gasteiger charge is -2.23. The molecule has 0 aromatic heterocycles. The number of benzene rings is 1. The summed E-state index contributed by atoms with van der Waals surface area (Å²) < 4.78 is 5.89. The summed E-state index contributed by atoms with van der Waals surface area (Å²) in [6.07, 6.45) is 5.54. The van der Waals surface area contributed by atoms with Crippen molar-refractivity contribution in [2.75, 3.05) is 0 Å². The van der Waals surface area contributed by atoms with Crippen LogP contribution < -0.4 is 4.74 Å². The maximum Gasteiger partial charge on any atom is 0.161 e. The summed E-state index contributed by atoms with van der Waals surface area (Å²) in [4.78, 5) is 0. The topological polar surface area (TPSA) is 29.5 Å². The lowest BCUT2D eigenvalue weighted by atomic mass is 9.98. The third kappa shape index (κ3) is 1.58. The van der Waals surface area contributed by atoms with Crippen LogP contribution in [0.25, 0.3) is 0 Å². The molecule has 0 amide bonds. The van der Waals surface area contributed by atoms with Gasteiger partial charge in [0.25, 0.3) is 0 Å². The molecule has 2 bridgehead atoms. The molecule has 0 aliphatic heterocycles. The third-order valence-electron chi connectivity index (χ3n) is 3.82. The molecule has 1 aromatic rings. The first-order valence-electron chi connectivity index (χ1n) is 5.77. The quantitative estimate of drug-likeness (QED) is 0.802. The molecule has 80 valence electrons. The van der Waals surface area contributed by atoms with Gasteiger partial charge < -0.3 is 9.84 Å². The van der Waals surface area contributed by atoms with Gasteiger partial charge in [-0.2, -0.15) is 0 Å². The Balaban J connectivity index is 1.73. The minimum Gasteiger partial charge on any atom is -0.504 e. The number of para-hydroxylation sites is 2. The van der Waals surface area contributed by atoms with Crippen LogP contribution in [0.5, 0.6) is 11.5 Å². The van der Waals surface area contributed by atoms with E-state index >= 15 is 0 Å². The van der Waals surface area contributed by atoms with E-state index in [4.69, 9.17) is 4.74 Å². The zero-order valence-electron chi connectivity index (χ0n) is 8.73. The summed E-state index contributed by atoms with van der Waals surface area (Å²) in [5.74, 6) is 2.52. The lowest BCUT2D eigenvalue weighted by molar-refractivity contribution is 0.134. The summed E-state index contributed by atoms with van der Waals surface area (Å²) >= 11 is 0. The number of hydrogen-bond acceptors (Lipinski definition) is 2. The SMILES string of the molecule is Oc1ccccc1OC1CC2CCC1C2. The van der Waals surface area contributed by atoms with Crippen LogP contribution >= 0.6 is 0 Å². The normalized spacial score (nSPS) is 33.2. The van der Waals surface area contributed by atoms with Gasteiger partial charge in [-0.3, -0.25) is 0 Å². The fourth-order valence-corrected chi connectivity index (χ4v) is 3.05. The minimum absolute atomic E-state index is 0.264. The molecule has 0 heterocycles. The first-order chi connectivity index (χ1) is 7.33. The summed E-state index contributed by atoms with van der Waals surface area (Å²) in [5, 5.41) is 9.62. The molecule has 3 atom stereocenters. The van der Waals surface area contributed by atoms with Crippen molar-refractivity contribution in [3.05, 3.63) is 24.3 Å². The second-order valence-electron chi connectivity index (χ2n) is 4.80. The lowest BCUT2D eigenvalue weighted by Crippen LogP contribution is -2.23. The van der Waals surface area contributed by atoms with Crippen LogP contribution in [0, 0.1) is 11.8 Å². The minimum atomic E-state index is 0.264. The molecule has 0 radical (unpaired) electrons. The van der Waals surface area contributed by atoms with Crippen LogP contribution in [0.3, 0.4) is 0 Å². The molecule has 1 N–H and O–H groups in total. The van der Waals surface area contributed by atoms with Crippen molar-refractivity contribution in [2.24, 2.45) is 11.8 Å². The summed E-state index contributed by atoms with van der Waals surface area (Å²) in [6.45, 7) is 0. The Hall–Kier alpha value is -1.18. The van der Waals surface area contributed by atoms with Crippen LogP contribution in [-0.2, 0) is 0 Å². The molecule has 3 rings (SSSR count). The van der Waals surface area contributed by atoms with Crippen LogP contribution in [-0.4, -0.2) is 11.2 Å². The van der Waals surface area contributed by atoms with E-state index in [0.717, 1.165) is 11.8 Å². The number of hydrogen-bond donors (Lipinski definition) is 1. The van der Waals surface area contributed by atoms with Gasteiger partial charge in [0.1, 0.15) is 6.10 Å². The molecule has 1 aromatic carbocycles. The Kier molecular flexibility index (Phi) is 2.08. The van der Waals surface area contributed by atoms with E-state index in [2.05, 4.69) is 0 Å². The maximum absolute atomic E-state index is 9.62. The van der Waals surface area contributed by atoms with Crippen LogP contribution in [0.2, 0.25) is 0 Å². The van der Waals surface area contributed by atoms with Gasteiger partial charge in [-0.25, -0.2) is 0 Å². The highest BCUT2D eigenvalue weighted by molar-refractivity contribution is 5.38. The largest absolute Gasteiger partial charge is 0.504 e. The van der Waals surface area contributed by atoms with Crippen LogP contribution in [0.15, 0.2) is 24.3 Å². The highest BCUT2D eigenvalue weighted by Gasteiger charge is 2.41. The van der Waals surface area contributed by atoms with Gasteiger partial charge in [-0.05, 0) is 49.7 Å². The van der Waals surface area contributed by atoms with Gasteiger partial charge in [-0.1, -0.05) is 12.1 Å². The molecule has 3 unspecified atom stereocenters. The summed E-state index contributed by atoms with van der Waals surface area (Å²) in [5.41, 5.74) is 0. The van der Waals surface area contributed by atoms with Crippen molar-refractivity contribution < 1.29 is 9.84 Å². The summed E-state index contributed by atoms with van der Waals surface area (Å²) in [7, 11) is 0. The predicted octanol–water partition coefficient (Wildman–Crippen LogP) is 2.96.